The van der Waals surface area contributed by atoms with Crippen LogP contribution in [-0.2, 0) is 44.1 Å². The van der Waals surface area contributed by atoms with Gasteiger partial charge in [0.15, 0.2) is 0 Å². The molecule has 0 radical (unpaired) electrons. The fourth-order valence-corrected chi connectivity index (χ4v) is 4.86. The highest BCUT2D eigenvalue weighted by Crippen LogP contribution is 2.52. The number of benzene rings is 1. The number of halogens is 6. The van der Waals surface area contributed by atoms with Gasteiger partial charge >= 0.3 is 41.4 Å². The Morgan fingerprint density at radius 2 is 1.36 bits per heavy atom. The summed E-state index contributed by atoms with van der Waals surface area (Å²) in [6.07, 6.45) is 0.501. The molecule has 0 aromatic heterocycles. The molecule has 0 heterocycles. The molecule has 0 unspecified atom stereocenters. The minimum atomic E-state index is -7.88. The zero-order valence-electron chi connectivity index (χ0n) is 18.5. The molecule has 1 rings (SSSR count). The van der Waals surface area contributed by atoms with E-state index in [9.17, 15) is 60.9 Å². The zero-order chi connectivity index (χ0) is 28.6. The smallest absolute Gasteiger partial charge is 0.450 e. The van der Waals surface area contributed by atoms with E-state index in [1.165, 1.54) is 0 Å². The van der Waals surface area contributed by atoms with Gasteiger partial charge in [0, 0.05) is 6.42 Å². The second-order valence-corrected chi connectivity index (χ2v) is 14.1. The SMILES string of the molecule is CCC(C)(C)C(=O)OCCc1ccc(OS(=O)(=O)C(F)(F)C(F)(F)C(F)(F)S(=O)(=O)S(=O)(=O)[O-])cc1. The molecule has 0 saturated heterocycles. The summed E-state index contributed by atoms with van der Waals surface area (Å²) in [6, 6.07) is 3.30. The molecule has 10 nitrogen and oxygen atoms in total. The Morgan fingerprint density at radius 1 is 0.889 bits per heavy atom. The molecule has 0 bridgehead atoms. The maximum Gasteiger partial charge on any atom is 0.450 e. The van der Waals surface area contributed by atoms with Crippen molar-refractivity contribution in [1.82, 2.24) is 0 Å². The van der Waals surface area contributed by atoms with Crippen molar-refractivity contribution in [2.24, 2.45) is 5.41 Å². The molecule has 0 atom stereocenters. The quantitative estimate of drug-likeness (QED) is 0.116. The number of rotatable bonds is 12. The van der Waals surface area contributed by atoms with Crippen molar-refractivity contribution in [1.29, 1.82) is 0 Å². The van der Waals surface area contributed by atoms with E-state index in [4.69, 9.17) is 4.74 Å². The Morgan fingerprint density at radius 3 is 1.78 bits per heavy atom. The summed E-state index contributed by atoms with van der Waals surface area (Å²) in [5.41, 5.74) is -0.467. The van der Waals surface area contributed by atoms with Gasteiger partial charge in [0.1, 0.15) is 5.75 Å². The Labute approximate surface area is 201 Å². The van der Waals surface area contributed by atoms with Crippen LogP contribution < -0.4 is 4.18 Å². The summed E-state index contributed by atoms with van der Waals surface area (Å²) in [7, 11) is -22.3. The standard InChI is InChI=1S/C17H20F6O10S3/c1-4-14(2,3)13(24)32-10-9-11-5-7-12(8-6-11)33-34(25,26)16(20,21)15(18,19)17(22,23)35(27,28)36(29,30)31/h5-8H,4,9-10H2,1-3H3,(H,29,30,31)/p-1. The van der Waals surface area contributed by atoms with Crippen LogP contribution in [0.5, 0.6) is 5.75 Å². The van der Waals surface area contributed by atoms with Gasteiger partial charge < -0.3 is 13.5 Å². The molecule has 1 aromatic carbocycles. The van der Waals surface area contributed by atoms with Crippen LogP contribution in [0.3, 0.4) is 0 Å². The third-order valence-electron chi connectivity index (χ3n) is 4.82. The monoisotopic (exact) mass is 593 g/mol. The number of carbonyl (C=O) groups excluding carboxylic acids is 1. The first-order valence-corrected chi connectivity index (χ1v) is 14.2. The molecular weight excluding hydrogens is 574 g/mol. The Hall–Kier alpha value is -2.12. The number of hydrogen-bond acceptors (Lipinski definition) is 10. The average Bonchev–Trinajstić information content (AvgIpc) is 2.73. The molecule has 0 fully saturated rings. The van der Waals surface area contributed by atoms with Crippen molar-refractivity contribution in [3.05, 3.63) is 29.8 Å². The van der Waals surface area contributed by atoms with E-state index in [-0.39, 0.29) is 13.0 Å². The van der Waals surface area contributed by atoms with Crippen molar-refractivity contribution in [2.75, 3.05) is 6.61 Å². The van der Waals surface area contributed by atoms with Crippen LogP contribution in [0.15, 0.2) is 24.3 Å². The number of ether oxygens (including phenoxy) is 1. The summed E-state index contributed by atoms with van der Waals surface area (Å²) in [5, 5.41) is -14.4. The van der Waals surface area contributed by atoms with Crippen LogP contribution in [0.4, 0.5) is 26.3 Å². The third kappa shape index (κ3) is 5.72. The highest BCUT2D eigenvalue weighted by molar-refractivity contribution is 8.65. The molecule has 0 spiro atoms. The maximum atomic E-state index is 14.0. The summed E-state index contributed by atoms with van der Waals surface area (Å²) < 4.78 is 168. The molecule has 0 amide bonds. The van der Waals surface area contributed by atoms with Gasteiger partial charge in [-0.1, -0.05) is 19.1 Å². The van der Waals surface area contributed by atoms with Gasteiger partial charge in [-0.2, -0.15) is 34.8 Å². The van der Waals surface area contributed by atoms with E-state index in [1.807, 2.05) is 0 Å². The van der Waals surface area contributed by atoms with Crippen LogP contribution in [-0.4, -0.2) is 58.8 Å². The lowest BCUT2D eigenvalue weighted by atomic mass is 9.91. The first-order chi connectivity index (χ1) is 15.9. The van der Waals surface area contributed by atoms with E-state index < -0.39 is 61.7 Å². The Bertz CT molecular complexity index is 1290. The lowest BCUT2D eigenvalue weighted by Crippen LogP contribution is -2.62. The molecule has 0 saturated carbocycles. The second-order valence-electron chi connectivity index (χ2n) is 7.78. The fraction of sp³-hybridized carbons (Fsp3) is 0.588. The molecule has 19 heteroatoms. The predicted molar refractivity (Wildman–Crippen MR) is 108 cm³/mol. The molecule has 0 aliphatic heterocycles. The summed E-state index contributed by atoms with van der Waals surface area (Å²) >= 11 is 0. The van der Waals surface area contributed by atoms with Crippen molar-refractivity contribution in [3.63, 3.8) is 0 Å². The minimum absolute atomic E-state index is 0.0283. The van der Waals surface area contributed by atoms with Gasteiger partial charge in [0.05, 0.1) is 12.0 Å². The predicted octanol–water partition coefficient (Wildman–Crippen LogP) is 2.61. The second kappa shape index (κ2) is 9.97. The van der Waals surface area contributed by atoms with Crippen LogP contribution in [0.1, 0.15) is 32.8 Å². The van der Waals surface area contributed by atoms with Crippen molar-refractivity contribution in [2.45, 2.75) is 50.0 Å². The lowest BCUT2D eigenvalue weighted by Gasteiger charge is -2.31. The van der Waals surface area contributed by atoms with Crippen LogP contribution in [0, 0.1) is 5.41 Å². The number of esters is 1. The first-order valence-electron chi connectivity index (χ1n) is 9.43. The van der Waals surface area contributed by atoms with Gasteiger partial charge in [-0.25, -0.2) is 16.8 Å². The average molecular weight is 594 g/mol. The molecular formula is C17H19F6O10S3-. The van der Waals surface area contributed by atoms with Crippen molar-refractivity contribution >= 4 is 34.1 Å². The zero-order valence-corrected chi connectivity index (χ0v) is 21.0. The highest BCUT2D eigenvalue weighted by atomic mass is 33.2. The normalized spacial score (nSPS) is 14.4. The maximum absolute atomic E-state index is 14.0. The Kier molecular flexibility index (Phi) is 8.84. The lowest BCUT2D eigenvalue weighted by molar-refractivity contribution is -0.244. The summed E-state index contributed by atoms with van der Waals surface area (Å²) in [4.78, 5) is 11.9. The number of hydrogen-bond donors (Lipinski definition) is 0. The van der Waals surface area contributed by atoms with Crippen molar-refractivity contribution in [3.8, 4) is 5.75 Å². The number of carbonyl (C=O) groups is 1. The first kappa shape index (κ1) is 31.9. The molecule has 0 N–H and O–H groups in total. The van der Waals surface area contributed by atoms with Gasteiger partial charge in [-0.15, -0.1) is 0 Å². The van der Waals surface area contributed by atoms with Crippen LogP contribution >= 0.6 is 0 Å². The summed E-state index contributed by atoms with van der Waals surface area (Å²) in [6.45, 7) is 4.86. The largest absolute Gasteiger partial charge is 0.735 e. The van der Waals surface area contributed by atoms with Crippen LogP contribution in [0.2, 0.25) is 0 Å². The van der Waals surface area contributed by atoms with Crippen molar-refractivity contribution < 1.29 is 69.9 Å². The third-order valence-corrected chi connectivity index (χ3v) is 9.78. The van der Waals surface area contributed by atoms with E-state index >= 15 is 0 Å². The van der Waals surface area contributed by atoms with E-state index in [2.05, 4.69) is 4.18 Å². The molecule has 0 aliphatic carbocycles. The number of alkyl halides is 6. The van der Waals surface area contributed by atoms with E-state index in [1.54, 1.807) is 20.8 Å². The summed E-state index contributed by atoms with van der Waals surface area (Å²) in [5.74, 6) is -9.10. The topological polar surface area (TPSA) is 161 Å². The van der Waals surface area contributed by atoms with Crippen LogP contribution in [0.25, 0.3) is 0 Å². The highest BCUT2D eigenvalue weighted by Gasteiger charge is 2.84. The van der Waals surface area contributed by atoms with E-state index in [0.717, 1.165) is 12.1 Å². The molecule has 36 heavy (non-hydrogen) atoms. The molecule has 1 aromatic rings. The molecule has 208 valence electrons. The van der Waals surface area contributed by atoms with Gasteiger partial charge in [0.25, 0.3) is 0 Å². The fourth-order valence-electron chi connectivity index (χ4n) is 2.10. The van der Waals surface area contributed by atoms with Gasteiger partial charge in [-0.05, 0) is 38.0 Å². The Balaban J connectivity index is 3.11. The van der Waals surface area contributed by atoms with E-state index in [0.29, 0.717) is 24.1 Å². The molecule has 0 aliphatic rings. The van der Waals surface area contributed by atoms with Gasteiger partial charge in [-0.3, -0.25) is 4.79 Å². The van der Waals surface area contributed by atoms with Gasteiger partial charge in [0.2, 0.25) is 9.15 Å². The minimum Gasteiger partial charge on any atom is -0.735 e.